The highest BCUT2D eigenvalue weighted by Gasteiger charge is 2.31. The van der Waals surface area contributed by atoms with E-state index in [1.807, 2.05) is 31.3 Å². The number of anilines is 1. The second-order valence-corrected chi connectivity index (χ2v) is 8.45. The van der Waals surface area contributed by atoms with Crippen LogP contribution in [-0.4, -0.2) is 49.2 Å². The second-order valence-electron chi connectivity index (χ2n) is 8.45. The van der Waals surface area contributed by atoms with E-state index in [0.29, 0.717) is 24.5 Å². The van der Waals surface area contributed by atoms with Crippen LogP contribution in [0.4, 0.5) is 5.82 Å². The van der Waals surface area contributed by atoms with Gasteiger partial charge in [-0.05, 0) is 50.5 Å². The number of pyridine rings is 1. The van der Waals surface area contributed by atoms with Crippen molar-refractivity contribution >= 4 is 23.1 Å². The molecule has 0 radical (unpaired) electrons. The van der Waals surface area contributed by atoms with E-state index in [1.54, 1.807) is 48.5 Å². The summed E-state index contributed by atoms with van der Waals surface area (Å²) in [5.74, 6) is 6.46. The molecule has 174 valence electrons. The number of aryl methyl sites for hydroxylation is 1. The van der Waals surface area contributed by atoms with Crippen molar-refractivity contribution in [1.82, 2.24) is 24.3 Å². The van der Waals surface area contributed by atoms with Gasteiger partial charge in [0, 0.05) is 48.2 Å². The molecule has 0 aliphatic carbocycles. The van der Waals surface area contributed by atoms with Crippen LogP contribution < -0.4 is 5.32 Å². The molecule has 35 heavy (non-hydrogen) atoms. The molecular weight excluding hydrogens is 440 g/mol. The van der Waals surface area contributed by atoms with Gasteiger partial charge in [-0.3, -0.25) is 19.0 Å². The number of rotatable bonds is 4. The van der Waals surface area contributed by atoms with Gasteiger partial charge in [0.2, 0.25) is 0 Å². The first-order valence-electron chi connectivity index (χ1n) is 11.4. The number of benzene rings is 1. The Hall–Kier alpha value is -4.51. The quantitative estimate of drug-likeness (QED) is 0.465. The lowest BCUT2D eigenvalue weighted by molar-refractivity contribution is -0.124. The molecule has 8 nitrogen and oxygen atoms in total. The highest BCUT2D eigenvalue weighted by Crippen LogP contribution is 2.33. The Morgan fingerprint density at radius 2 is 1.94 bits per heavy atom. The van der Waals surface area contributed by atoms with Crippen LogP contribution in [0.15, 0.2) is 61.1 Å². The number of likely N-dealkylation sites (tertiary alicyclic amines) is 1. The first kappa shape index (κ1) is 22.3. The summed E-state index contributed by atoms with van der Waals surface area (Å²) in [7, 11) is 0. The van der Waals surface area contributed by atoms with Gasteiger partial charge in [0.1, 0.15) is 11.6 Å². The van der Waals surface area contributed by atoms with Gasteiger partial charge in [-0.15, -0.1) is 0 Å². The lowest BCUT2D eigenvalue weighted by atomic mass is 10.1. The van der Waals surface area contributed by atoms with E-state index >= 15 is 0 Å². The third-order valence-corrected chi connectivity index (χ3v) is 6.15. The first-order chi connectivity index (χ1) is 17.0. The molecule has 1 saturated heterocycles. The number of imidazole rings is 1. The molecular formula is C27H24N6O2. The van der Waals surface area contributed by atoms with Crippen molar-refractivity contribution < 1.29 is 9.59 Å². The van der Waals surface area contributed by atoms with Crippen LogP contribution >= 0.6 is 0 Å². The van der Waals surface area contributed by atoms with Crippen molar-refractivity contribution in [2.45, 2.75) is 26.2 Å². The van der Waals surface area contributed by atoms with Gasteiger partial charge < -0.3 is 10.2 Å². The number of amides is 2. The summed E-state index contributed by atoms with van der Waals surface area (Å²) in [5, 5.41) is 2.80. The third kappa shape index (κ3) is 4.36. The lowest BCUT2D eigenvalue weighted by Crippen LogP contribution is -2.27. The Labute approximate surface area is 203 Å². The van der Waals surface area contributed by atoms with Crippen molar-refractivity contribution in [2.24, 2.45) is 0 Å². The lowest BCUT2D eigenvalue weighted by Gasteiger charge is -2.13. The molecule has 1 aromatic carbocycles. The van der Waals surface area contributed by atoms with Crippen molar-refractivity contribution in [3.05, 3.63) is 78.1 Å². The first-order valence-corrected chi connectivity index (χ1v) is 11.4. The number of hydrogen-bond acceptors (Lipinski definition) is 5. The maximum Gasteiger partial charge on any atom is 0.298 e. The zero-order chi connectivity index (χ0) is 24.4. The number of carbonyl (C=O) groups excluding carboxylic acids is 2. The standard InChI is InChI=1S/C27H24N6O2/c1-3-6-24(34)32-14-12-21(17-32)26-31-25(22-16-28-15-18(2)33(22)26)19-8-10-20(11-9-19)27(35)30-23-7-4-5-13-29-23/h4-5,7-11,13,15-16,21H,12,14,17H2,1-2H3,(H,29,30,35)/t21-/m1/s1. The number of nitrogens with one attached hydrogen (secondary N) is 1. The van der Waals surface area contributed by atoms with Gasteiger partial charge in [-0.1, -0.05) is 24.1 Å². The predicted molar refractivity (Wildman–Crippen MR) is 133 cm³/mol. The SMILES string of the molecule is CC#CC(=O)N1CC[C@@H](c2nc(-c3ccc(C(=O)Nc4ccccn4)cc3)c3cncc(C)n23)C1. The van der Waals surface area contributed by atoms with Crippen LogP contribution in [0.5, 0.6) is 0 Å². The van der Waals surface area contributed by atoms with Crippen LogP contribution in [0.1, 0.15) is 41.1 Å². The summed E-state index contributed by atoms with van der Waals surface area (Å²) >= 11 is 0. The molecule has 4 aromatic rings. The Bertz CT molecular complexity index is 1460. The number of nitrogens with zero attached hydrogens (tertiary/aromatic N) is 5. The zero-order valence-corrected chi connectivity index (χ0v) is 19.5. The minimum atomic E-state index is -0.228. The number of carbonyl (C=O) groups is 2. The van der Waals surface area contributed by atoms with Crippen molar-refractivity contribution in [1.29, 1.82) is 0 Å². The number of fused-ring (bicyclic) bond motifs is 1. The van der Waals surface area contributed by atoms with Crippen LogP contribution in [0.2, 0.25) is 0 Å². The molecule has 1 N–H and O–H groups in total. The minimum Gasteiger partial charge on any atom is -0.331 e. The zero-order valence-electron chi connectivity index (χ0n) is 19.5. The highest BCUT2D eigenvalue weighted by atomic mass is 16.2. The Kier molecular flexibility index (Phi) is 5.98. The van der Waals surface area contributed by atoms with E-state index in [2.05, 4.69) is 31.5 Å². The Morgan fingerprint density at radius 3 is 2.69 bits per heavy atom. The summed E-state index contributed by atoms with van der Waals surface area (Å²) in [5.41, 5.74) is 4.08. The molecule has 0 spiro atoms. The summed E-state index contributed by atoms with van der Waals surface area (Å²) in [6.45, 7) is 4.91. The summed E-state index contributed by atoms with van der Waals surface area (Å²) < 4.78 is 2.12. The molecule has 0 saturated carbocycles. The molecule has 2 amide bonds. The van der Waals surface area contributed by atoms with Gasteiger partial charge in [0.15, 0.2) is 0 Å². The summed E-state index contributed by atoms with van der Waals surface area (Å²) in [6.07, 6.45) is 6.07. The topological polar surface area (TPSA) is 92.5 Å². The van der Waals surface area contributed by atoms with E-state index < -0.39 is 0 Å². The Balaban J connectivity index is 1.45. The predicted octanol–water partition coefficient (Wildman–Crippen LogP) is 3.69. The van der Waals surface area contributed by atoms with E-state index in [4.69, 9.17) is 4.98 Å². The van der Waals surface area contributed by atoms with Gasteiger partial charge in [0.05, 0.1) is 17.4 Å². The smallest absolute Gasteiger partial charge is 0.298 e. The molecule has 3 aromatic heterocycles. The van der Waals surface area contributed by atoms with E-state index in [0.717, 1.165) is 34.7 Å². The Morgan fingerprint density at radius 1 is 1.11 bits per heavy atom. The van der Waals surface area contributed by atoms with Gasteiger partial charge in [0.25, 0.3) is 11.8 Å². The van der Waals surface area contributed by atoms with Gasteiger partial charge in [-0.25, -0.2) is 9.97 Å². The molecule has 1 aliphatic rings. The molecule has 0 unspecified atom stereocenters. The van der Waals surface area contributed by atoms with Crippen molar-refractivity contribution in [2.75, 3.05) is 18.4 Å². The fourth-order valence-corrected chi connectivity index (χ4v) is 4.45. The fraction of sp³-hybridized carbons (Fsp3) is 0.222. The van der Waals surface area contributed by atoms with Crippen LogP contribution in [0.25, 0.3) is 16.8 Å². The van der Waals surface area contributed by atoms with E-state index in [9.17, 15) is 9.59 Å². The summed E-state index contributed by atoms with van der Waals surface area (Å²) in [6, 6.07) is 12.7. The largest absolute Gasteiger partial charge is 0.331 e. The van der Waals surface area contributed by atoms with Gasteiger partial charge in [-0.2, -0.15) is 0 Å². The van der Waals surface area contributed by atoms with E-state index in [-0.39, 0.29) is 17.7 Å². The van der Waals surface area contributed by atoms with Crippen LogP contribution in [-0.2, 0) is 4.79 Å². The van der Waals surface area contributed by atoms with Crippen molar-refractivity contribution in [3.8, 4) is 23.1 Å². The molecule has 8 heteroatoms. The van der Waals surface area contributed by atoms with Crippen molar-refractivity contribution in [3.63, 3.8) is 0 Å². The van der Waals surface area contributed by atoms with Crippen LogP contribution in [0, 0.1) is 18.8 Å². The molecule has 1 aliphatic heterocycles. The average Bonchev–Trinajstić information content (AvgIpc) is 3.51. The minimum absolute atomic E-state index is 0.100. The molecule has 1 atom stereocenters. The molecule has 4 heterocycles. The highest BCUT2D eigenvalue weighted by molar-refractivity contribution is 6.04. The summed E-state index contributed by atoms with van der Waals surface area (Å²) in [4.78, 5) is 40.2. The molecule has 1 fully saturated rings. The fourth-order valence-electron chi connectivity index (χ4n) is 4.45. The normalized spacial score (nSPS) is 15.0. The average molecular weight is 465 g/mol. The molecule has 5 rings (SSSR count). The van der Waals surface area contributed by atoms with E-state index in [1.165, 1.54) is 0 Å². The number of hydrogen-bond donors (Lipinski definition) is 1. The maximum absolute atomic E-state index is 12.6. The number of aromatic nitrogens is 4. The van der Waals surface area contributed by atoms with Crippen LogP contribution in [0.3, 0.4) is 0 Å². The molecule has 0 bridgehead atoms. The maximum atomic E-state index is 12.6. The third-order valence-electron chi connectivity index (χ3n) is 6.15. The van der Waals surface area contributed by atoms with Gasteiger partial charge >= 0.3 is 0 Å². The second kappa shape index (κ2) is 9.39. The monoisotopic (exact) mass is 464 g/mol.